The summed E-state index contributed by atoms with van der Waals surface area (Å²) >= 11 is 0. The van der Waals surface area contributed by atoms with E-state index in [0.29, 0.717) is 0 Å². The minimum Gasteiger partial charge on any atom is -0.459 e. The monoisotopic (exact) mass is 140 g/mol. The SMILES string of the molecule is CCCCC#CC(=O)OC. The van der Waals surface area contributed by atoms with E-state index in [1.165, 1.54) is 7.11 Å². The number of esters is 1. The highest BCUT2D eigenvalue weighted by atomic mass is 16.5. The van der Waals surface area contributed by atoms with Crippen LogP contribution >= 0.6 is 0 Å². The first kappa shape index (κ1) is 9.03. The predicted molar refractivity (Wildman–Crippen MR) is 39.3 cm³/mol. The van der Waals surface area contributed by atoms with Gasteiger partial charge >= 0.3 is 5.97 Å². The average Bonchev–Trinajstić information content (AvgIpc) is 1.98. The van der Waals surface area contributed by atoms with Crippen LogP contribution in [-0.2, 0) is 9.53 Å². The molecule has 0 aromatic heterocycles. The molecule has 0 fully saturated rings. The van der Waals surface area contributed by atoms with Gasteiger partial charge in [0.2, 0.25) is 0 Å². The average molecular weight is 140 g/mol. The smallest absolute Gasteiger partial charge is 0.384 e. The summed E-state index contributed by atoms with van der Waals surface area (Å²) in [6, 6.07) is 0. The summed E-state index contributed by atoms with van der Waals surface area (Å²) in [4.78, 5) is 10.4. The van der Waals surface area contributed by atoms with Crippen LogP contribution in [0.25, 0.3) is 0 Å². The summed E-state index contributed by atoms with van der Waals surface area (Å²) in [5.74, 6) is 4.62. The van der Waals surface area contributed by atoms with Crippen molar-refractivity contribution in [3.63, 3.8) is 0 Å². The quantitative estimate of drug-likeness (QED) is 0.250. The Bertz CT molecular complexity index is 150. The Kier molecular flexibility index (Phi) is 5.56. The molecule has 0 rings (SSSR count). The molecule has 0 heterocycles. The first-order valence-electron chi connectivity index (χ1n) is 3.38. The number of carbonyl (C=O) groups excluding carboxylic acids is 1. The van der Waals surface area contributed by atoms with Crippen LogP contribution in [0.15, 0.2) is 0 Å². The fourth-order valence-electron chi connectivity index (χ4n) is 0.451. The van der Waals surface area contributed by atoms with E-state index in [1.807, 2.05) is 0 Å². The molecule has 0 aromatic rings. The lowest BCUT2D eigenvalue weighted by molar-refractivity contribution is -0.133. The van der Waals surface area contributed by atoms with Crippen molar-refractivity contribution in [1.82, 2.24) is 0 Å². The van der Waals surface area contributed by atoms with Crippen LogP contribution in [0.4, 0.5) is 0 Å². The van der Waals surface area contributed by atoms with Gasteiger partial charge in [-0.05, 0) is 6.42 Å². The van der Waals surface area contributed by atoms with Gasteiger partial charge in [0.15, 0.2) is 0 Å². The van der Waals surface area contributed by atoms with Crippen molar-refractivity contribution >= 4 is 5.97 Å². The molecule has 0 aliphatic rings. The highest BCUT2D eigenvalue weighted by Crippen LogP contribution is 1.90. The Labute approximate surface area is 61.6 Å². The zero-order valence-corrected chi connectivity index (χ0v) is 6.44. The van der Waals surface area contributed by atoms with Crippen molar-refractivity contribution < 1.29 is 9.53 Å². The van der Waals surface area contributed by atoms with Crippen LogP contribution < -0.4 is 0 Å². The topological polar surface area (TPSA) is 26.3 Å². The Morgan fingerprint density at radius 1 is 1.60 bits per heavy atom. The van der Waals surface area contributed by atoms with Gasteiger partial charge in [0.05, 0.1) is 7.11 Å². The second-order valence-electron chi connectivity index (χ2n) is 1.90. The molecule has 0 aliphatic carbocycles. The molecule has 0 saturated heterocycles. The van der Waals surface area contributed by atoms with Gasteiger partial charge in [-0.15, -0.1) is 0 Å². The van der Waals surface area contributed by atoms with Gasteiger partial charge < -0.3 is 4.74 Å². The van der Waals surface area contributed by atoms with Gasteiger partial charge in [0, 0.05) is 12.3 Å². The zero-order chi connectivity index (χ0) is 7.82. The van der Waals surface area contributed by atoms with Gasteiger partial charge in [0.1, 0.15) is 0 Å². The highest BCUT2D eigenvalue weighted by molar-refractivity contribution is 5.88. The summed E-state index contributed by atoms with van der Waals surface area (Å²) in [7, 11) is 1.33. The number of ether oxygens (including phenoxy) is 1. The predicted octanol–water partition coefficient (Wildman–Crippen LogP) is 1.35. The van der Waals surface area contributed by atoms with Gasteiger partial charge in [-0.25, -0.2) is 4.79 Å². The van der Waals surface area contributed by atoms with Crippen LogP contribution in [0.3, 0.4) is 0 Å². The van der Waals surface area contributed by atoms with E-state index in [9.17, 15) is 4.79 Å². The molecule has 2 heteroatoms. The third-order valence-corrected chi connectivity index (χ3v) is 1.03. The third kappa shape index (κ3) is 5.17. The first-order valence-corrected chi connectivity index (χ1v) is 3.38. The molecular weight excluding hydrogens is 128 g/mol. The Hall–Kier alpha value is -0.970. The summed E-state index contributed by atoms with van der Waals surface area (Å²) in [6.45, 7) is 2.08. The third-order valence-electron chi connectivity index (χ3n) is 1.03. The van der Waals surface area contributed by atoms with E-state index in [-0.39, 0.29) is 0 Å². The Morgan fingerprint density at radius 2 is 2.30 bits per heavy atom. The number of methoxy groups -OCH3 is 1. The van der Waals surface area contributed by atoms with Crippen LogP contribution in [0, 0.1) is 11.8 Å². The lowest BCUT2D eigenvalue weighted by Crippen LogP contribution is -1.93. The number of unbranched alkanes of at least 4 members (excludes halogenated alkanes) is 2. The van der Waals surface area contributed by atoms with Gasteiger partial charge in [-0.3, -0.25) is 0 Å². The minimum absolute atomic E-state index is 0.448. The number of hydrogen-bond acceptors (Lipinski definition) is 2. The second kappa shape index (κ2) is 6.15. The molecule has 0 aliphatic heterocycles. The van der Waals surface area contributed by atoms with Crippen molar-refractivity contribution in [3.8, 4) is 11.8 Å². The number of hydrogen-bond donors (Lipinski definition) is 0. The molecule has 0 saturated carbocycles. The first-order chi connectivity index (χ1) is 4.81. The molecule has 0 amide bonds. The molecule has 0 aromatic carbocycles. The van der Waals surface area contributed by atoms with E-state index in [4.69, 9.17) is 0 Å². The number of carbonyl (C=O) groups is 1. The van der Waals surface area contributed by atoms with Crippen LogP contribution in [0.2, 0.25) is 0 Å². The Balaban J connectivity index is 3.39. The summed E-state index contributed by atoms with van der Waals surface area (Å²) < 4.78 is 4.32. The largest absolute Gasteiger partial charge is 0.459 e. The van der Waals surface area contributed by atoms with E-state index < -0.39 is 5.97 Å². The van der Waals surface area contributed by atoms with Crippen LogP contribution in [-0.4, -0.2) is 13.1 Å². The maximum Gasteiger partial charge on any atom is 0.384 e. The highest BCUT2D eigenvalue weighted by Gasteiger charge is 1.86. The standard InChI is InChI=1S/C8H12O2/c1-3-4-5-6-7-8(9)10-2/h3-5H2,1-2H3. The lowest BCUT2D eigenvalue weighted by Gasteiger charge is -1.85. The van der Waals surface area contributed by atoms with Gasteiger partial charge in [-0.2, -0.15) is 0 Å². The second-order valence-corrected chi connectivity index (χ2v) is 1.90. The van der Waals surface area contributed by atoms with Crippen molar-refractivity contribution in [2.24, 2.45) is 0 Å². The van der Waals surface area contributed by atoms with E-state index in [1.54, 1.807) is 0 Å². The molecule has 2 nitrogen and oxygen atoms in total. The van der Waals surface area contributed by atoms with Crippen molar-refractivity contribution in [2.75, 3.05) is 7.11 Å². The molecule has 0 atom stereocenters. The summed E-state index contributed by atoms with van der Waals surface area (Å²) in [5, 5.41) is 0. The lowest BCUT2D eigenvalue weighted by atomic mass is 10.2. The molecular formula is C8H12O2. The summed E-state index contributed by atoms with van der Waals surface area (Å²) in [6.07, 6.45) is 2.94. The summed E-state index contributed by atoms with van der Waals surface area (Å²) in [5.41, 5.74) is 0. The number of rotatable bonds is 2. The molecule has 10 heavy (non-hydrogen) atoms. The molecule has 0 N–H and O–H groups in total. The Morgan fingerprint density at radius 3 is 2.80 bits per heavy atom. The van der Waals surface area contributed by atoms with E-state index in [2.05, 4.69) is 23.5 Å². The minimum atomic E-state index is -0.448. The van der Waals surface area contributed by atoms with E-state index in [0.717, 1.165) is 19.3 Å². The van der Waals surface area contributed by atoms with Crippen LogP contribution in [0.1, 0.15) is 26.2 Å². The van der Waals surface area contributed by atoms with Crippen molar-refractivity contribution in [2.45, 2.75) is 26.2 Å². The fourth-order valence-corrected chi connectivity index (χ4v) is 0.451. The van der Waals surface area contributed by atoms with Crippen molar-refractivity contribution in [1.29, 1.82) is 0 Å². The van der Waals surface area contributed by atoms with E-state index >= 15 is 0 Å². The van der Waals surface area contributed by atoms with Gasteiger partial charge in [-0.1, -0.05) is 19.3 Å². The molecule has 0 bridgehead atoms. The van der Waals surface area contributed by atoms with Crippen molar-refractivity contribution in [3.05, 3.63) is 0 Å². The normalized spacial score (nSPS) is 7.80. The maximum atomic E-state index is 10.4. The molecule has 0 spiro atoms. The fraction of sp³-hybridized carbons (Fsp3) is 0.625. The van der Waals surface area contributed by atoms with Gasteiger partial charge in [0.25, 0.3) is 0 Å². The molecule has 0 radical (unpaired) electrons. The molecule has 0 unspecified atom stereocenters. The van der Waals surface area contributed by atoms with Crippen LogP contribution in [0.5, 0.6) is 0 Å². The zero-order valence-electron chi connectivity index (χ0n) is 6.44. The molecule has 56 valence electrons. The maximum absolute atomic E-state index is 10.4.